The summed E-state index contributed by atoms with van der Waals surface area (Å²) in [6.45, 7) is -0.384. The molecule has 22 heavy (non-hydrogen) atoms. The zero-order chi connectivity index (χ0) is 16.3. The van der Waals surface area contributed by atoms with Crippen molar-refractivity contribution < 1.29 is 19.1 Å². The number of carboxylic acid groups (broad SMARTS) is 1. The van der Waals surface area contributed by atoms with Crippen molar-refractivity contribution >= 4 is 33.7 Å². The Balaban J connectivity index is 2.21. The monoisotopic (exact) mass is 372 g/mol. The first kappa shape index (κ1) is 16.0. The summed E-state index contributed by atoms with van der Waals surface area (Å²) in [5.41, 5.74) is 8.37. The van der Waals surface area contributed by atoms with E-state index in [1.165, 1.54) is 6.07 Å². The molecule has 0 bridgehead atoms. The van der Waals surface area contributed by atoms with Gasteiger partial charge in [0.2, 0.25) is 0 Å². The van der Waals surface area contributed by atoms with Crippen LogP contribution in [0.25, 0.3) is 10.4 Å². The molecule has 0 saturated carbocycles. The summed E-state index contributed by atoms with van der Waals surface area (Å²) in [6, 6.07) is 1.86. The molecule has 3 atom stereocenters. The van der Waals surface area contributed by atoms with Crippen LogP contribution >= 0.6 is 15.9 Å². The molecule has 1 saturated heterocycles. The van der Waals surface area contributed by atoms with E-state index in [0.29, 0.717) is 9.50 Å². The van der Waals surface area contributed by atoms with E-state index in [0.717, 1.165) is 0 Å². The Morgan fingerprint density at radius 1 is 1.59 bits per heavy atom. The molecular weight excluding hydrogens is 363 g/mol. The van der Waals surface area contributed by atoms with Crippen molar-refractivity contribution in [1.29, 1.82) is 0 Å². The van der Waals surface area contributed by atoms with Crippen LogP contribution in [0.5, 0.6) is 0 Å². The number of alkyl halides is 1. The molecule has 0 aliphatic carbocycles. The number of halogens is 2. The van der Waals surface area contributed by atoms with E-state index in [2.05, 4.69) is 36.3 Å². The second-order valence-corrected chi connectivity index (χ2v) is 5.24. The van der Waals surface area contributed by atoms with Gasteiger partial charge >= 0.3 is 6.09 Å². The van der Waals surface area contributed by atoms with E-state index in [1.54, 1.807) is 12.1 Å². The Labute approximate surface area is 131 Å². The highest BCUT2D eigenvalue weighted by Gasteiger charge is 2.48. The third kappa shape index (κ3) is 3.26. The molecule has 11 heteroatoms. The number of anilines is 1. The van der Waals surface area contributed by atoms with E-state index in [-0.39, 0.29) is 12.4 Å². The minimum absolute atomic E-state index is 0.143. The first-order valence-electron chi connectivity index (χ1n) is 6.05. The summed E-state index contributed by atoms with van der Waals surface area (Å²) in [6.07, 6.45) is -3.40. The second-order valence-electron chi connectivity index (χ2n) is 4.43. The molecule has 1 aromatic rings. The van der Waals surface area contributed by atoms with Crippen molar-refractivity contribution in [3.05, 3.63) is 33.2 Å². The lowest BCUT2D eigenvalue weighted by Gasteiger charge is -2.21. The highest BCUT2D eigenvalue weighted by Crippen LogP contribution is 2.25. The Bertz CT molecular complexity index is 652. The lowest BCUT2D eigenvalue weighted by Crippen LogP contribution is -2.46. The third-order valence-corrected chi connectivity index (χ3v) is 3.51. The molecule has 2 N–H and O–H groups in total. The van der Waals surface area contributed by atoms with Crippen molar-refractivity contribution in [2.75, 3.05) is 11.9 Å². The maximum atomic E-state index is 14.2. The Morgan fingerprint density at radius 2 is 2.32 bits per heavy atom. The first-order valence-corrected chi connectivity index (χ1v) is 6.84. The molecule has 1 aromatic heterocycles. The molecule has 2 rings (SSSR count). The number of azide groups is 1. The van der Waals surface area contributed by atoms with Crippen LogP contribution in [0.1, 0.15) is 0 Å². The summed E-state index contributed by atoms with van der Waals surface area (Å²) in [4.78, 5) is 30.3. The number of amides is 2. The number of rotatable bonds is 3. The lowest BCUT2D eigenvalue weighted by atomic mass is 10.1. The fraction of sp³-hybridized carbons (Fsp3) is 0.364. The highest BCUT2D eigenvalue weighted by atomic mass is 79.9. The standard InChI is InChI=1S/C11H10BrFN6O3/c12-6-2-1-3-7(15-6)16-10(20)9-8(13)5(17-18-14)4-19(9)11(21)22/h1-3,5,8-9H,4H2,(H,21,22)(H,15,16,20). The van der Waals surface area contributed by atoms with Gasteiger partial charge in [0.1, 0.15) is 22.6 Å². The number of nitrogens with one attached hydrogen (secondary N) is 1. The number of carbonyl (C=O) groups is 2. The fourth-order valence-electron chi connectivity index (χ4n) is 2.13. The molecule has 3 unspecified atom stereocenters. The Morgan fingerprint density at radius 3 is 2.91 bits per heavy atom. The van der Waals surface area contributed by atoms with E-state index in [4.69, 9.17) is 10.6 Å². The smallest absolute Gasteiger partial charge is 0.408 e. The van der Waals surface area contributed by atoms with Crippen LogP contribution in [-0.4, -0.2) is 51.8 Å². The van der Waals surface area contributed by atoms with Gasteiger partial charge in [-0.05, 0) is 33.6 Å². The molecule has 1 aliphatic rings. The average Bonchev–Trinajstić information content (AvgIpc) is 2.77. The number of nitrogens with zero attached hydrogens (tertiary/aromatic N) is 5. The van der Waals surface area contributed by atoms with Gasteiger partial charge in [-0.25, -0.2) is 14.2 Å². The van der Waals surface area contributed by atoms with Crippen LogP contribution in [0.2, 0.25) is 0 Å². The van der Waals surface area contributed by atoms with E-state index in [9.17, 15) is 14.0 Å². The van der Waals surface area contributed by atoms with Crippen LogP contribution < -0.4 is 5.32 Å². The zero-order valence-electron chi connectivity index (χ0n) is 10.9. The van der Waals surface area contributed by atoms with Crippen LogP contribution in [0.15, 0.2) is 27.9 Å². The van der Waals surface area contributed by atoms with Gasteiger partial charge < -0.3 is 10.4 Å². The minimum Gasteiger partial charge on any atom is -0.465 e. The summed E-state index contributed by atoms with van der Waals surface area (Å²) in [5, 5.41) is 14.6. The Hall–Kier alpha value is -2.39. The van der Waals surface area contributed by atoms with Gasteiger partial charge in [-0.1, -0.05) is 11.2 Å². The maximum Gasteiger partial charge on any atom is 0.408 e. The van der Waals surface area contributed by atoms with Gasteiger partial charge in [0, 0.05) is 11.5 Å². The normalized spacial score (nSPS) is 23.7. The SMILES string of the molecule is [N-]=[N+]=NC1CN(C(=O)O)C(C(=O)Nc2cccc(Br)n2)C1F. The quantitative estimate of drug-likeness (QED) is 0.364. The van der Waals surface area contributed by atoms with Gasteiger partial charge in [-0.15, -0.1) is 0 Å². The number of likely N-dealkylation sites (tertiary alicyclic amines) is 1. The Kier molecular flexibility index (Phi) is 4.78. The van der Waals surface area contributed by atoms with E-state index in [1.807, 2.05) is 0 Å². The van der Waals surface area contributed by atoms with Gasteiger partial charge in [-0.3, -0.25) is 9.69 Å². The van der Waals surface area contributed by atoms with Crippen molar-refractivity contribution in [3.63, 3.8) is 0 Å². The molecular formula is C11H10BrFN6O3. The molecule has 116 valence electrons. The molecule has 2 heterocycles. The molecule has 2 amide bonds. The number of hydrogen-bond donors (Lipinski definition) is 2. The highest BCUT2D eigenvalue weighted by molar-refractivity contribution is 9.10. The first-order chi connectivity index (χ1) is 10.4. The van der Waals surface area contributed by atoms with E-state index >= 15 is 0 Å². The fourth-order valence-corrected chi connectivity index (χ4v) is 2.47. The van der Waals surface area contributed by atoms with Gasteiger partial charge in [0.25, 0.3) is 5.91 Å². The predicted octanol–water partition coefficient (Wildman–Crippen LogP) is 2.16. The van der Waals surface area contributed by atoms with Gasteiger partial charge in [0.15, 0.2) is 0 Å². The lowest BCUT2D eigenvalue weighted by molar-refractivity contribution is -0.121. The van der Waals surface area contributed by atoms with Crippen molar-refractivity contribution in [1.82, 2.24) is 9.88 Å². The number of carbonyl (C=O) groups excluding carboxylic acids is 1. The van der Waals surface area contributed by atoms with Crippen molar-refractivity contribution in [2.24, 2.45) is 5.11 Å². The van der Waals surface area contributed by atoms with Crippen molar-refractivity contribution in [2.45, 2.75) is 18.3 Å². The van der Waals surface area contributed by atoms with Crippen LogP contribution in [0.3, 0.4) is 0 Å². The molecule has 1 aliphatic heterocycles. The van der Waals surface area contributed by atoms with Crippen LogP contribution in [-0.2, 0) is 4.79 Å². The van der Waals surface area contributed by atoms with Crippen LogP contribution in [0.4, 0.5) is 15.0 Å². The van der Waals surface area contributed by atoms with Gasteiger partial charge in [-0.2, -0.15) is 0 Å². The van der Waals surface area contributed by atoms with Crippen LogP contribution in [0, 0.1) is 0 Å². The number of aromatic nitrogens is 1. The summed E-state index contributed by atoms with van der Waals surface area (Å²) in [5.74, 6) is -0.736. The summed E-state index contributed by atoms with van der Waals surface area (Å²) in [7, 11) is 0. The average molecular weight is 373 g/mol. The molecule has 0 aromatic carbocycles. The van der Waals surface area contributed by atoms with E-state index < -0.39 is 30.3 Å². The zero-order valence-corrected chi connectivity index (χ0v) is 12.5. The predicted molar refractivity (Wildman–Crippen MR) is 76.9 cm³/mol. The topological polar surface area (TPSA) is 131 Å². The number of pyridine rings is 1. The third-order valence-electron chi connectivity index (χ3n) is 3.07. The number of hydrogen-bond acceptors (Lipinski definition) is 4. The molecule has 0 spiro atoms. The second kappa shape index (κ2) is 6.58. The van der Waals surface area contributed by atoms with Gasteiger partial charge in [0.05, 0.1) is 6.04 Å². The summed E-state index contributed by atoms with van der Waals surface area (Å²) >= 11 is 3.12. The molecule has 1 fully saturated rings. The molecule has 9 nitrogen and oxygen atoms in total. The largest absolute Gasteiger partial charge is 0.465 e. The maximum absolute atomic E-state index is 14.2. The summed E-state index contributed by atoms with van der Waals surface area (Å²) < 4.78 is 14.7. The van der Waals surface area contributed by atoms with Crippen molar-refractivity contribution in [3.8, 4) is 0 Å². The molecule has 0 radical (unpaired) electrons. The minimum atomic E-state index is -1.93.